The highest BCUT2D eigenvalue weighted by atomic mass is 35.5. The summed E-state index contributed by atoms with van der Waals surface area (Å²) in [6, 6.07) is 7.57. The van der Waals surface area contributed by atoms with Crippen LogP contribution in [0.25, 0.3) is 0 Å². The molecule has 0 unspecified atom stereocenters. The molecule has 2 aromatic rings. The average molecular weight is 313 g/mol. The number of aromatic hydroxyl groups is 1. The summed E-state index contributed by atoms with van der Waals surface area (Å²) >= 11 is 12.6. The molecule has 3 nitrogen and oxygen atoms in total. The average Bonchev–Trinajstić information content (AvgIpc) is 2.66. The molecule has 0 bridgehead atoms. The Kier molecular flexibility index (Phi) is 4.74. The molecule has 19 heavy (non-hydrogen) atoms. The lowest BCUT2D eigenvalue weighted by molar-refractivity contribution is 0.419. The molecule has 1 aromatic carbocycles. The second-order valence-electron chi connectivity index (χ2n) is 3.86. The maximum atomic E-state index is 9.95. The molecule has 2 rings (SSSR count). The molecule has 0 saturated heterocycles. The number of thiazole rings is 1. The van der Waals surface area contributed by atoms with Gasteiger partial charge >= 0.3 is 0 Å². The van der Waals surface area contributed by atoms with Gasteiger partial charge in [0.05, 0.1) is 6.54 Å². The topological polar surface area (TPSA) is 37.5 Å². The summed E-state index contributed by atoms with van der Waals surface area (Å²) in [7, 11) is 0. The van der Waals surface area contributed by atoms with E-state index in [1.165, 1.54) is 11.3 Å². The lowest BCUT2D eigenvalue weighted by Gasteiger charge is -1.99. The van der Waals surface area contributed by atoms with Crippen molar-refractivity contribution in [2.24, 2.45) is 4.99 Å². The van der Waals surface area contributed by atoms with Gasteiger partial charge in [0.1, 0.15) is 4.88 Å². The monoisotopic (exact) mass is 312 g/mol. The SMILES string of the molecule is CCn1c(O)c(C=NCc2ccccc2Cl)sc1=S. The number of rotatable bonds is 4. The highest BCUT2D eigenvalue weighted by Crippen LogP contribution is 2.24. The summed E-state index contributed by atoms with van der Waals surface area (Å²) in [5.41, 5.74) is 0.957. The quantitative estimate of drug-likeness (QED) is 0.676. The van der Waals surface area contributed by atoms with Gasteiger partial charge in [-0.15, -0.1) is 0 Å². The minimum absolute atomic E-state index is 0.181. The highest BCUT2D eigenvalue weighted by molar-refractivity contribution is 7.73. The van der Waals surface area contributed by atoms with Crippen LogP contribution in [0.15, 0.2) is 29.3 Å². The van der Waals surface area contributed by atoms with Gasteiger partial charge < -0.3 is 5.11 Å². The third-order valence-corrected chi connectivity index (χ3v) is 4.38. The van der Waals surface area contributed by atoms with Crippen LogP contribution >= 0.6 is 35.2 Å². The lowest BCUT2D eigenvalue weighted by Crippen LogP contribution is -1.92. The van der Waals surface area contributed by atoms with Gasteiger partial charge in [-0.2, -0.15) is 0 Å². The first-order valence-corrected chi connectivity index (χ1v) is 7.39. The molecule has 0 atom stereocenters. The van der Waals surface area contributed by atoms with Crippen LogP contribution in [0.4, 0.5) is 0 Å². The summed E-state index contributed by atoms with van der Waals surface area (Å²) in [6.07, 6.45) is 1.64. The van der Waals surface area contributed by atoms with E-state index in [4.69, 9.17) is 23.8 Å². The van der Waals surface area contributed by atoms with Crippen molar-refractivity contribution in [3.05, 3.63) is 43.7 Å². The van der Waals surface area contributed by atoms with Gasteiger partial charge in [0, 0.05) is 17.8 Å². The van der Waals surface area contributed by atoms with E-state index in [1.807, 2.05) is 31.2 Å². The van der Waals surface area contributed by atoms with Crippen molar-refractivity contribution in [1.29, 1.82) is 0 Å². The largest absolute Gasteiger partial charge is 0.493 e. The van der Waals surface area contributed by atoms with Crippen LogP contribution in [-0.4, -0.2) is 15.9 Å². The Balaban J connectivity index is 2.16. The van der Waals surface area contributed by atoms with Gasteiger partial charge in [-0.1, -0.05) is 41.1 Å². The molecule has 1 aromatic heterocycles. The number of aromatic nitrogens is 1. The van der Waals surface area contributed by atoms with Crippen molar-refractivity contribution in [3.8, 4) is 5.88 Å². The smallest absolute Gasteiger partial charge is 0.212 e. The highest BCUT2D eigenvalue weighted by Gasteiger charge is 2.08. The van der Waals surface area contributed by atoms with Crippen molar-refractivity contribution < 1.29 is 5.11 Å². The maximum Gasteiger partial charge on any atom is 0.212 e. The summed E-state index contributed by atoms with van der Waals surface area (Å²) in [5.74, 6) is 0.181. The van der Waals surface area contributed by atoms with Gasteiger partial charge in [-0.05, 0) is 30.8 Å². The molecule has 0 aliphatic carbocycles. The zero-order valence-corrected chi connectivity index (χ0v) is 12.7. The van der Waals surface area contributed by atoms with Crippen LogP contribution in [0, 0.1) is 3.95 Å². The maximum absolute atomic E-state index is 9.95. The molecule has 100 valence electrons. The molecular weight excluding hydrogens is 300 g/mol. The van der Waals surface area contributed by atoms with Crippen LogP contribution in [-0.2, 0) is 13.1 Å². The van der Waals surface area contributed by atoms with E-state index in [9.17, 15) is 5.11 Å². The molecule has 0 saturated carbocycles. The number of hydrogen-bond donors (Lipinski definition) is 1. The van der Waals surface area contributed by atoms with Gasteiger partial charge in [0.2, 0.25) is 5.88 Å². The van der Waals surface area contributed by atoms with Gasteiger partial charge in [0.15, 0.2) is 3.95 Å². The Morgan fingerprint density at radius 1 is 1.47 bits per heavy atom. The Morgan fingerprint density at radius 3 is 2.84 bits per heavy atom. The Labute approximate surface area is 125 Å². The Hall–Kier alpha value is -1.17. The minimum atomic E-state index is 0.181. The van der Waals surface area contributed by atoms with E-state index in [0.29, 0.717) is 26.9 Å². The van der Waals surface area contributed by atoms with Crippen LogP contribution in [0.2, 0.25) is 5.02 Å². The minimum Gasteiger partial charge on any atom is -0.493 e. The van der Waals surface area contributed by atoms with E-state index in [1.54, 1.807) is 10.8 Å². The lowest BCUT2D eigenvalue weighted by atomic mass is 10.2. The summed E-state index contributed by atoms with van der Waals surface area (Å²) in [5, 5.41) is 10.6. The predicted molar refractivity (Wildman–Crippen MR) is 83.2 cm³/mol. The molecule has 0 spiro atoms. The van der Waals surface area contributed by atoms with Gasteiger partial charge in [-0.25, -0.2) is 0 Å². The molecule has 6 heteroatoms. The number of nitrogens with zero attached hydrogens (tertiary/aromatic N) is 2. The third-order valence-electron chi connectivity index (χ3n) is 2.64. The fourth-order valence-corrected chi connectivity index (χ4v) is 3.15. The second kappa shape index (κ2) is 6.32. The summed E-state index contributed by atoms with van der Waals surface area (Å²) in [6.45, 7) is 3.07. The first-order valence-electron chi connectivity index (χ1n) is 5.79. The molecule has 1 heterocycles. The third kappa shape index (κ3) is 3.23. The van der Waals surface area contributed by atoms with E-state index in [-0.39, 0.29) is 5.88 Å². The number of hydrogen-bond acceptors (Lipinski definition) is 4. The zero-order valence-electron chi connectivity index (χ0n) is 10.3. The molecule has 0 aliphatic heterocycles. The fourth-order valence-electron chi connectivity index (χ4n) is 1.63. The summed E-state index contributed by atoms with van der Waals surface area (Å²) < 4.78 is 2.33. The molecular formula is C13H13ClN2OS2. The zero-order chi connectivity index (χ0) is 13.8. The second-order valence-corrected chi connectivity index (χ2v) is 5.94. The Bertz CT molecular complexity index is 661. The van der Waals surface area contributed by atoms with Gasteiger partial charge in [0.25, 0.3) is 0 Å². The van der Waals surface area contributed by atoms with Crippen LogP contribution < -0.4 is 0 Å². The van der Waals surface area contributed by atoms with Gasteiger partial charge in [-0.3, -0.25) is 9.56 Å². The van der Waals surface area contributed by atoms with Crippen LogP contribution in [0.3, 0.4) is 0 Å². The van der Waals surface area contributed by atoms with Crippen molar-refractivity contribution in [2.45, 2.75) is 20.0 Å². The van der Waals surface area contributed by atoms with Crippen molar-refractivity contribution in [2.75, 3.05) is 0 Å². The van der Waals surface area contributed by atoms with Crippen LogP contribution in [0.1, 0.15) is 17.4 Å². The van der Waals surface area contributed by atoms with E-state index in [0.717, 1.165) is 5.56 Å². The molecule has 0 fully saturated rings. The number of aliphatic imine (C=N–C) groups is 1. The molecule has 1 N–H and O–H groups in total. The molecule has 0 amide bonds. The summed E-state index contributed by atoms with van der Waals surface area (Å²) in [4.78, 5) is 4.98. The predicted octanol–water partition coefficient (Wildman–Crippen LogP) is 4.28. The molecule has 0 radical (unpaired) electrons. The van der Waals surface area contributed by atoms with Crippen LogP contribution in [0.5, 0.6) is 5.88 Å². The van der Waals surface area contributed by atoms with Crippen molar-refractivity contribution >= 4 is 41.4 Å². The normalized spacial score (nSPS) is 11.3. The van der Waals surface area contributed by atoms with Crippen molar-refractivity contribution in [3.63, 3.8) is 0 Å². The first-order chi connectivity index (χ1) is 9.13. The van der Waals surface area contributed by atoms with Crippen molar-refractivity contribution in [1.82, 2.24) is 4.57 Å². The number of halogens is 1. The first kappa shape index (κ1) is 14.2. The standard InChI is InChI=1S/C13H13ClN2OS2/c1-2-16-12(17)11(19-13(16)18)8-15-7-9-5-3-4-6-10(9)14/h3-6,8,17H,2,7H2,1H3. The Morgan fingerprint density at radius 2 is 2.21 bits per heavy atom. The fraction of sp³-hybridized carbons (Fsp3) is 0.231. The number of benzene rings is 1. The van der Waals surface area contributed by atoms with E-state index < -0.39 is 0 Å². The van der Waals surface area contributed by atoms with E-state index >= 15 is 0 Å². The van der Waals surface area contributed by atoms with E-state index in [2.05, 4.69) is 4.99 Å². The molecule has 0 aliphatic rings.